The molecule has 0 atom stereocenters. The number of aromatic nitrogens is 2. The van der Waals surface area contributed by atoms with Gasteiger partial charge in [0.15, 0.2) is 0 Å². The minimum absolute atomic E-state index is 0.219. The summed E-state index contributed by atoms with van der Waals surface area (Å²) in [5.74, 6) is -0.503. The number of rotatable bonds is 4. The summed E-state index contributed by atoms with van der Waals surface area (Å²) in [6.45, 7) is 4.04. The highest BCUT2D eigenvalue weighted by Crippen LogP contribution is 2.18. The van der Waals surface area contributed by atoms with Crippen LogP contribution in [0.5, 0.6) is 0 Å². The maximum atomic E-state index is 13.7. The summed E-state index contributed by atoms with van der Waals surface area (Å²) in [6, 6.07) is 14.9. The van der Waals surface area contributed by atoms with Gasteiger partial charge in [0, 0.05) is 0 Å². The molecule has 0 bridgehead atoms. The number of nitrogens with zero attached hydrogens (tertiary/aromatic N) is 2. The number of halogens is 1. The molecule has 27 heavy (non-hydrogen) atoms. The number of fused-ring (bicyclic) bond motifs is 1. The van der Waals surface area contributed by atoms with E-state index in [-0.39, 0.29) is 5.69 Å². The first-order valence-corrected chi connectivity index (χ1v) is 9.17. The molecule has 6 heteroatoms. The molecule has 0 saturated carbocycles. The fraction of sp³-hybridized carbons (Fsp3) is 0.0476. The Morgan fingerprint density at radius 3 is 2.56 bits per heavy atom. The summed E-state index contributed by atoms with van der Waals surface area (Å²) in [4.78, 5) is 26.0. The lowest BCUT2D eigenvalue weighted by Gasteiger charge is -2.12. The zero-order valence-electron chi connectivity index (χ0n) is 14.3. The predicted molar refractivity (Wildman–Crippen MR) is 107 cm³/mol. The van der Waals surface area contributed by atoms with E-state index in [1.165, 1.54) is 29.5 Å². The van der Waals surface area contributed by atoms with Crippen molar-refractivity contribution in [3.63, 3.8) is 0 Å². The smallest absolute Gasteiger partial charge is 0.288 e. The number of thiophene rings is 1. The molecule has 0 N–H and O–H groups in total. The van der Waals surface area contributed by atoms with Crippen molar-refractivity contribution in [3.8, 4) is 5.69 Å². The van der Waals surface area contributed by atoms with Crippen LogP contribution in [0.1, 0.15) is 11.1 Å². The number of benzene rings is 2. The average Bonchev–Trinajstić information content (AvgIpc) is 3.16. The van der Waals surface area contributed by atoms with E-state index in [0.29, 0.717) is 16.8 Å². The Kier molecular flexibility index (Phi) is 4.33. The molecule has 2 aromatic heterocycles. The maximum absolute atomic E-state index is 13.7. The second-order valence-electron chi connectivity index (χ2n) is 6.07. The summed E-state index contributed by atoms with van der Waals surface area (Å²) in [5, 5.41) is 1.78. The lowest BCUT2D eigenvalue weighted by Crippen LogP contribution is -2.38. The van der Waals surface area contributed by atoms with Gasteiger partial charge in [-0.2, -0.15) is 0 Å². The van der Waals surface area contributed by atoms with Crippen LogP contribution in [0, 0.1) is 5.82 Å². The van der Waals surface area contributed by atoms with E-state index < -0.39 is 17.1 Å². The van der Waals surface area contributed by atoms with Crippen LogP contribution in [0.15, 0.2) is 76.1 Å². The third-order valence-corrected chi connectivity index (χ3v) is 5.27. The van der Waals surface area contributed by atoms with E-state index in [0.717, 1.165) is 15.7 Å². The molecule has 0 aliphatic carbocycles. The Morgan fingerprint density at radius 1 is 1.07 bits per heavy atom. The standard InChI is InChI=1S/C21H15FN2O2S/c1-2-14-6-8-15(9-7-14)13-23-18-10-11-27-19(18)20(25)24(21(23)26)17-5-3-4-16(22)12-17/h2-12H,1,13H2. The fourth-order valence-corrected chi connectivity index (χ4v) is 3.85. The van der Waals surface area contributed by atoms with Gasteiger partial charge in [-0.1, -0.05) is 43.0 Å². The van der Waals surface area contributed by atoms with Gasteiger partial charge in [0.25, 0.3) is 5.56 Å². The Bertz CT molecular complexity index is 1270. The van der Waals surface area contributed by atoms with Crippen LogP contribution in [-0.2, 0) is 6.54 Å². The summed E-state index contributed by atoms with van der Waals surface area (Å²) in [5.41, 5.74) is 1.76. The van der Waals surface area contributed by atoms with Gasteiger partial charge < -0.3 is 0 Å². The van der Waals surface area contributed by atoms with Crippen molar-refractivity contribution < 1.29 is 4.39 Å². The van der Waals surface area contributed by atoms with Crippen LogP contribution in [0.4, 0.5) is 4.39 Å². The van der Waals surface area contributed by atoms with E-state index in [1.807, 2.05) is 24.3 Å². The molecule has 0 saturated heterocycles. The van der Waals surface area contributed by atoms with Crippen LogP contribution >= 0.6 is 11.3 Å². The molecule has 0 aliphatic heterocycles. The highest BCUT2D eigenvalue weighted by molar-refractivity contribution is 7.17. The predicted octanol–water partition coefficient (Wildman–Crippen LogP) is 4.04. The van der Waals surface area contributed by atoms with Gasteiger partial charge in [0.2, 0.25) is 0 Å². The van der Waals surface area contributed by atoms with Crippen molar-refractivity contribution in [1.82, 2.24) is 9.13 Å². The summed E-state index contributed by atoms with van der Waals surface area (Å²) in [6.07, 6.45) is 1.75. The Morgan fingerprint density at radius 2 is 1.85 bits per heavy atom. The molecule has 4 rings (SSSR count). The maximum Gasteiger partial charge on any atom is 0.336 e. The largest absolute Gasteiger partial charge is 0.336 e. The molecule has 2 heterocycles. The van der Waals surface area contributed by atoms with E-state index in [4.69, 9.17) is 0 Å². The molecular formula is C21H15FN2O2S. The highest BCUT2D eigenvalue weighted by atomic mass is 32.1. The molecule has 0 aliphatic rings. The van der Waals surface area contributed by atoms with Crippen LogP contribution < -0.4 is 11.2 Å². The Hall–Kier alpha value is -3.25. The first kappa shape index (κ1) is 17.2. The lowest BCUT2D eigenvalue weighted by molar-refractivity contribution is 0.624. The van der Waals surface area contributed by atoms with Crippen molar-refractivity contribution in [2.24, 2.45) is 0 Å². The summed E-state index contributed by atoms with van der Waals surface area (Å²) < 4.78 is 16.7. The van der Waals surface area contributed by atoms with Gasteiger partial charge in [-0.15, -0.1) is 11.3 Å². The minimum atomic E-state index is -0.503. The molecular weight excluding hydrogens is 363 g/mol. The fourth-order valence-electron chi connectivity index (χ4n) is 3.02. The molecule has 4 nitrogen and oxygen atoms in total. The van der Waals surface area contributed by atoms with Gasteiger partial charge in [0.05, 0.1) is 17.7 Å². The second-order valence-corrected chi connectivity index (χ2v) is 6.99. The van der Waals surface area contributed by atoms with Crippen LogP contribution in [-0.4, -0.2) is 9.13 Å². The van der Waals surface area contributed by atoms with E-state index in [1.54, 1.807) is 28.2 Å². The van der Waals surface area contributed by atoms with Crippen molar-refractivity contribution in [3.05, 3.63) is 104 Å². The molecule has 0 spiro atoms. The zero-order chi connectivity index (χ0) is 19.0. The molecule has 0 amide bonds. The first-order valence-electron chi connectivity index (χ1n) is 8.29. The first-order chi connectivity index (χ1) is 13.1. The quantitative estimate of drug-likeness (QED) is 0.538. The summed E-state index contributed by atoms with van der Waals surface area (Å²) >= 11 is 1.27. The van der Waals surface area contributed by atoms with Crippen molar-refractivity contribution in [2.45, 2.75) is 6.54 Å². The molecule has 2 aromatic carbocycles. The molecule has 0 radical (unpaired) electrons. The van der Waals surface area contributed by atoms with Crippen LogP contribution in [0.25, 0.3) is 22.0 Å². The highest BCUT2D eigenvalue weighted by Gasteiger charge is 2.16. The molecule has 4 aromatic rings. The zero-order valence-corrected chi connectivity index (χ0v) is 15.1. The van der Waals surface area contributed by atoms with Gasteiger partial charge in [0.1, 0.15) is 10.5 Å². The monoisotopic (exact) mass is 378 g/mol. The van der Waals surface area contributed by atoms with Gasteiger partial charge in [-0.25, -0.2) is 13.8 Å². The minimum Gasteiger partial charge on any atom is -0.288 e. The molecule has 134 valence electrons. The number of hydrogen-bond donors (Lipinski definition) is 0. The van der Waals surface area contributed by atoms with Gasteiger partial charge >= 0.3 is 5.69 Å². The van der Waals surface area contributed by atoms with Crippen molar-refractivity contribution >= 4 is 27.6 Å². The third kappa shape index (κ3) is 3.04. The van der Waals surface area contributed by atoms with E-state index in [9.17, 15) is 14.0 Å². The van der Waals surface area contributed by atoms with Crippen molar-refractivity contribution in [1.29, 1.82) is 0 Å². The normalized spacial score (nSPS) is 11.0. The van der Waals surface area contributed by atoms with E-state index >= 15 is 0 Å². The van der Waals surface area contributed by atoms with Crippen LogP contribution in [0.2, 0.25) is 0 Å². The molecule has 0 unspecified atom stereocenters. The van der Waals surface area contributed by atoms with Gasteiger partial charge in [-0.3, -0.25) is 9.36 Å². The lowest BCUT2D eigenvalue weighted by atomic mass is 10.1. The van der Waals surface area contributed by atoms with E-state index in [2.05, 4.69) is 6.58 Å². The second kappa shape index (κ2) is 6.81. The molecule has 0 fully saturated rings. The van der Waals surface area contributed by atoms with Crippen molar-refractivity contribution in [2.75, 3.05) is 0 Å². The summed E-state index contributed by atoms with van der Waals surface area (Å²) in [7, 11) is 0. The number of hydrogen-bond acceptors (Lipinski definition) is 3. The van der Waals surface area contributed by atoms with Crippen LogP contribution in [0.3, 0.4) is 0 Å². The Labute approximate surface area is 158 Å². The Balaban J connectivity index is 1.94. The van der Waals surface area contributed by atoms with Gasteiger partial charge in [-0.05, 0) is 40.8 Å². The average molecular weight is 378 g/mol. The topological polar surface area (TPSA) is 44.0 Å². The third-order valence-electron chi connectivity index (χ3n) is 4.38. The SMILES string of the molecule is C=Cc1ccc(Cn2c(=O)n(-c3cccc(F)c3)c(=O)c3sccc32)cc1.